The summed E-state index contributed by atoms with van der Waals surface area (Å²) in [5.41, 5.74) is 15.0. The minimum Gasteiger partial charge on any atom is -0.443 e. The first kappa shape index (κ1) is 26.3. The van der Waals surface area contributed by atoms with Gasteiger partial charge < -0.3 is 10.5 Å². The number of Topliss-reactive ketones (excluding diaryl/α,β-unsaturated/α-hetero) is 1. The highest BCUT2D eigenvalue weighted by Crippen LogP contribution is 2.13. The fourth-order valence-corrected chi connectivity index (χ4v) is 2.51. The fourth-order valence-electron chi connectivity index (χ4n) is 2.51. The molecule has 0 saturated heterocycles. The summed E-state index contributed by atoms with van der Waals surface area (Å²) < 4.78 is 6.43. The largest absolute Gasteiger partial charge is 0.443 e. The van der Waals surface area contributed by atoms with E-state index >= 15 is 0 Å². The average Bonchev–Trinajstić information content (AvgIpc) is 3.11. The normalized spacial score (nSPS) is 10.2. The number of nitrogen functional groups attached to an aromatic ring is 1. The number of anilines is 1. The topological polar surface area (TPSA) is 136 Å². The second-order valence-corrected chi connectivity index (χ2v) is 7.91. The van der Waals surface area contributed by atoms with Gasteiger partial charge in [0.25, 0.3) is 0 Å². The molecule has 2 aromatic rings. The van der Waals surface area contributed by atoms with E-state index in [1.54, 1.807) is 27.0 Å². The van der Waals surface area contributed by atoms with Crippen molar-refractivity contribution in [2.75, 3.05) is 12.3 Å². The van der Waals surface area contributed by atoms with Gasteiger partial charge in [-0.15, -0.1) is 12.3 Å². The van der Waals surface area contributed by atoms with Crippen molar-refractivity contribution in [3.05, 3.63) is 58.2 Å². The summed E-state index contributed by atoms with van der Waals surface area (Å²) in [6.07, 6.45) is 9.59. The lowest BCUT2D eigenvalue weighted by molar-refractivity contribution is -0.117. The van der Waals surface area contributed by atoms with Crippen LogP contribution in [0.4, 0.5) is 10.7 Å². The van der Waals surface area contributed by atoms with Gasteiger partial charge in [-0.05, 0) is 51.1 Å². The molecule has 9 heteroatoms. The molecular formula is C23H30N6O3. The summed E-state index contributed by atoms with van der Waals surface area (Å²) in [5, 5.41) is 3.22. The Morgan fingerprint density at radius 2 is 1.97 bits per heavy atom. The van der Waals surface area contributed by atoms with Crippen molar-refractivity contribution < 1.29 is 14.3 Å². The van der Waals surface area contributed by atoms with Crippen molar-refractivity contribution in [3.8, 4) is 12.3 Å². The number of hydrogen-bond donors (Lipinski definition) is 1. The van der Waals surface area contributed by atoms with Crippen molar-refractivity contribution in [3.63, 3.8) is 0 Å². The Balaban J connectivity index is 0.000000330. The summed E-state index contributed by atoms with van der Waals surface area (Å²) in [6.45, 7) is 5.35. The smallest absolute Gasteiger partial charge is 0.421 e. The summed E-state index contributed by atoms with van der Waals surface area (Å²) in [6, 6.07) is 9.76. The van der Waals surface area contributed by atoms with Crippen LogP contribution in [-0.4, -0.2) is 33.6 Å². The van der Waals surface area contributed by atoms with Crippen molar-refractivity contribution in [1.82, 2.24) is 9.55 Å². The SMILES string of the molecule is C#CCCCc1cn(C(=O)OC(C)(C)C)c(N)n1.[N-]=[N+]=NCC(=O)CCc1ccccc1. The number of aromatic nitrogens is 2. The second-order valence-electron chi connectivity index (χ2n) is 7.91. The van der Waals surface area contributed by atoms with E-state index in [1.807, 2.05) is 30.3 Å². The third-order valence-corrected chi connectivity index (χ3v) is 3.97. The highest BCUT2D eigenvalue weighted by Gasteiger charge is 2.20. The summed E-state index contributed by atoms with van der Waals surface area (Å²) in [5.74, 6) is 2.67. The number of azide groups is 1. The molecule has 0 aliphatic carbocycles. The number of unbranched alkanes of at least 4 members (excludes halogenated alkanes) is 1. The van der Waals surface area contributed by atoms with E-state index in [2.05, 4.69) is 20.9 Å². The summed E-state index contributed by atoms with van der Waals surface area (Å²) >= 11 is 0. The van der Waals surface area contributed by atoms with Crippen molar-refractivity contribution in [2.24, 2.45) is 5.11 Å². The third kappa shape index (κ3) is 10.9. The predicted octanol–water partition coefficient (Wildman–Crippen LogP) is 4.70. The first-order valence-corrected chi connectivity index (χ1v) is 10.2. The van der Waals surface area contributed by atoms with Gasteiger partial charge in [0.2, 0.25) is 5.95 Å². The Morgan fingerprint density at radius 1 is 1.28 bits per heavy atom. The Bertz CT molecular complexity index is 964. The van der Waals surface area contributed by atoms with Crippen LogP contribution < -0.4 is 5.73 Å². The van der Waals surface area contributed by atoms with E-state index in [1.165, 1.54) is 4.57 Å². The third-order valence-electron chi connectivity index (χ3n) is 3.97. The molecular weight excluding hydrogens is 408 g/mol. The van der Waals surface area contributed by atoms with Gasteiger partial charge in [-0.25, -0.2) is 14.3 Å². The zero-order valence-corrected chi connectivity index (χ0v) is 18.8. The van der Waals surface area contributed by atoms with Gasteiger partial charge in [0.15, 0.2) is 0 Å². The van der Waals surface area contributed by atoms with Gasteiger partial charge in [-0.1, -0.05) is 35.4 Å². The van der Waals surface area contributed by atoms with E-state index in [0.717, 1.165) is 17.7 Å². The predicted molar refractivity (Wildman–Crippen MR) is 124 cm³/mol. The van der Waals surface area contributed by atoms with E-state index in [9.17, 15) is 9.59 Å². The number of nitrogens with zero attached hydrogens (tertiary/aromatic N) is 5. The molecule has 32 heavy (non-hydrogen) atoms. The molecule has 1 aromatic carbocycles. The number of ether oxygens (including phenoxy) is 1. The van der Waals surface area contributed by atoms with Crippen LogP contribution in [-0.2, 0) is 22.4 Å². The minimum atomic E-state index is -0.558. The number of ketones is 1. The lowest BCUT2D eigenvalue weighted by Crippen LogP contribution is -2.27. The highest BCUT2D eigenvalue weighted by molar-refractivity contribution is 5.80. The number of carbonyl (C=O) groups excluding carboxylic acids is 2. The summed E-state index contributed by atoms with van der Waals surface area (Å²) in [7, 11) is 0. The Morgan fingerprint density at radius 3 is 2.56 bits per heavy atom. The monoisotopic (exact) mass is 438 g/mol. The summed E-state index contributed by atoms with van der Waals surface area (Å²) in [4.78, 5) is 29.6. The van der Waals surface area contributed by atoms with Crippen LogP contribution in [0.3, 0.4) is 0 Å². The fraction of sp³-hybridized carbons (Fsp3) is 0.435. The number of aryl methyl sites for hydroxylation is 2. The maximum atomic E-state index is 11.8. The maximum absolute atomic E-state index is 11.8. The Kier molecular flexibility index (Phi) is 11.1. The molecule has 0 spiro atoms. The molecule has 0 unspecified atom stereocenters. The van der Waals surface area contributed by atoms with Crippen molar-refractivity contribution in [2.45, 2.75) is 58.5 Å². The van der Waals surface area contributed by atoms with Gasteiger partial charge in [0.1, 0.15) is 11.4 Å². The van der Waals surface area contributed by atoms with E-state index in [4.69, 9.17) is 22.4 Å². The number of terminal acetylenes is 1. The van der Waals surface area contributed by atoms with Crippen LogP contribution in [0.2, 0.25) is 0 Å². The van der Waals surface area contributed by atoms with Crippen LogP contribution >= 0.6 is 0 Å². The molecule has 0 atom stereocenters. The molecule has 1 heterocycles. The standard InChI is InChI=1S/C13H19N3O2.C10H11N3O/c1-5-6-7-8-10-9-16(11(14)15-10)12(17)18-13(2,3)4;11-13-12-8-10(14)7-6-9-4-2-1-3-5-9/h1,9H,6-8H2,2-4H3,(H2,14,15);1-5H,6-8H2. The van der Waals surface area contributed by atoms with Crippen molar-refractivity contribution >= 4 is 17.8 Å². The number of nitrogens with two attached hydrogens (primary N) is 1. The molecule has 0 aliphatic heterocycles. The number of carbonyl (C=O) groups is 2. The lowest BCUT2D eigenvalue weighted by atomic mass is 10.1. The molecule has 0 amide bonds. The zero-order chi connectivity index (χ0) is 24.0. The van der Waals surface area contributed by atoms with Crippen LogP contribution in [0.25, 0.3) is 10.4 Å². The van der Waals surface area contributed by atoms with Crippen LogP contribution in [0, 0.1) is 12.3 Å². The average molecular weight is 439 g/mol. The van der Waals surface area contributed by atoms with E-state index in [0.29, 0.717) is 25.7 Å². The molecule has 0 aliphatic rings. The van der Waals surface area contributed by atoms with Gasteiger partial charge in [-0.2, -0.15) is 0 Å². The van der Waals surface area contributed by atoms with Crippen LogP contribution in [0.5, 0.6) is 0 Å². The second kappa shape index (κ2) is 13.5. The molecule has 0 saturated carbocycles. The van der Waals surface area contributed by atoms with Gasteiger partial charge in [0, 0.05) is 24.0 Å². The van der Waals surface area contributed by atoms with Crippen LogP contribution in [0.15, 0.2) is 41.6 Å². The molecule has 2 rings (SSSR count). The lowest BCUT2D eigenvalue weighted by Gasteiger charge is -2.19. The first-order valence-electron chi connectivity index (χ1n) is 10.2. The molecule has 9 nitrogen and oxygen atoms in total. The first-order chi connectivity index (χ1) is 15.2. The van der Waals surface area contributed by atoms with Gasteiger partial charge in [0.05, 0.1) is 12.2 Å². The van der Waals surface area contributed by atoms with E-state index in [-0.39, 0.29) is 18.3 Å². The van der Waals surface area contributed by atoms with Crippen molar-refractivity contribution in [1.29, 1.82) is 0 Å². The molecule has 2 N–H and O–H groups in total. The van der Waals surface area contributed by atoms with Gasteiger partial charge in [-0.3, -0.25) is 4.79 Å². The van der Waals surface area contributed by atoms with Crippen LogP contribution in [0.1, 0.15) is 51.3 Å². The highest BCUT2D eigenvalue weighted by atomic mass is 16.6. The number of rotatable bonds is 8. The quantitative estimate of drug-likeness (QED) is 0.209. The molecule has 0 bridgehead atoms. The molecule has 0 radical (unpaired) electrons. The number of hydrogen-bond acceptors (Lipinski definition) is 6. The van der Waals surface area contributed by atoms with E-state index < -0.39 is 11.7 Å². The number of imidazole rings is 1. The zero-order valence-electron chi connectivity index (χ0n) is 18.8. The Labute approximate surface area is 188 Å². The van der Waals surface area contributed by atoms with Gasteiger partial charge >= 0.3 is 6.09 Å². The maximum Gasteiger partial charge on any atom is 0.421 e. The molecule has 170 valence electrons. The Hall–Kier alpha value is -3.76. The molecule has 0 fully saturated rings. The molecule has 1 aromatic heterocycles. The minimum absolute atomic E-state index is 0.0216. The number of benzene rings is 1.